The Morgan fingerprint density at radius 3 is 2.81 bits per heavy atom. The van der Waals surface area contributed by atoms with Crippen LogP contribution in [0.1, 0.15) is 5.69 Å². The largest absolute Gasteiger partial charge is 0.461 e. The molecule has 3 aromatic heterocycles. The molecule has 27 heavy (non-hydrogen) atoms. The zero-order valence-electron chi connectivity index (χ0n) is 14.8. The fraction of sp³-hybridized carbons (Fsp3) is 0.412. The van der Waals surface area contributed by atoms with E-state index in [1.807, 2.05) is 9.58 Å². The van der Waals surface area contributed by atoms with Gasteiger partial charge in [0.2, 0.25) is 5.76 Å². The van der Waals surface area contributed by atoms with Crippen molar-refractivity contribution < 1.29 is 13.7 Å². The van der Waals surface area contributed by atoms with E-state index >= 15 is 0 Å². The molecule has 4 heterocycles. The molecule has 1 saturated heterocycles. The molecule has 10 nitrogen and oxygen atoms in total. The molecule has 3 aromatic rings. The van der Waals surface area contributed by atoms with Gasteiger partial charge in [-0.2, -0.15) is 5.10 Å². The van der Waals surface area contributed by atoms with E-state index in [1.54, 1.807) is 30.8 Å². The second-order valence-corrected chi connectivity index (χ2v) is 6.31. The fourth-order valence-corrected chi connectivity index (χ4v) is 2.97. The van der Waals surface area contributed by atoms with E-state index in [0.717, 1.165) is 26.2 Å². The molecule has 0 aliphatic carbocycles. The van der Waals surface area contributed by atoms with Crippen LogP contribution in [0, 0.1) is 0 Å². The summed E-state index contributed by atoms with van der Waals surface area (Å²) in [6.45, 7) is 5.09. The van der Waals surface area contributed by atoms with Crippen molar-refractivity contribution in [3.63, 3.8) is 0 Å². The Hall–Kier alpha value is -3.14. The smallest absolute Gasteiger partial charge is 0.317 e. The van der Waals surface area contributed by atoms with Crippen LogP contribution in [0.3, 0.4) is 0 Å². The van der Waals surface area contributed by atoms with Crippen LogP contribution in [0.15, 0.2) is 46.1 Å². The summed E-state index contributed by atoms with van der Waals surface area (Å²) >= 11 is 0. The SMILES string of the molecule is O=C(NCc1cc(-c2ccco2)on1)N1CCN(CCn2cncn2)CC1. The zero-order valence-corrected chi connectivity index (χ0v) is 14.8. The summed E-state index contributed by atoms with van der Waals surface area (Å²) in [5.74, 6) is 1.16. The normalized spacial score (nSPS) is 15.2. The second kappa shape index (κ2) is 8.04. The van der Waals surface area contributed by atoms with Gasteiger partial charge in [0.1, 0.15) is 18.3 Å². The number of aromatic nitrogens is 4. The second-order valence-electron chi connectivity index (χ2n) is 6.31. The minimum absolute atomic E-state index is 0.0894. The quantitative estimate of drug-likeness (QED) is 0.690. The molecular formula is C17H21N7O3. The molecule has 1 aliphatic heterocycles. The lowest BCUT2D eigenvalue weighted by Crippen LogP contribution is -2.52. The van der Waals surface area contributed by atoms with Crippen molar-refractivity contribution in [1.82, 2.24) is 35.0 Å². The highest BCUT2D eigenvalue weighted by Gasteiger charge is 2.21. The van der Waals surface area contributed by atoms with Crippen LogP contribution < -0.4 is 5.32 Å². The lowest BCUT2D eigenvalue weighted by Gasteiger charge is -2.34. The van der Waals surface area contributed by atoms with Crippen LogP contribution in [0.2, 0.25) is 0 Å². The van der Waals surface area contributed by atoms with E-state index in [4.69, 9.17) is 8.94 Å². The zero-order chi connectivity index (χ0) is 18.5. The number of furan rings is 1. The van der Waals surface area contributed by atoms with Gasteiger partial charge >= 0.3 is 6.03 Å². The molecule has 4 rings (SSSR count). The Bertz CT molecular complexity index is 836. The summed E-state index contributed by atoms with van der Waals surface area (Å²) in [6.07, 6.45) is 4.82. The fourth-order valence-electron chi connectivity index (χ4n) is 2.97. The van der Waals surface area contributed by atoms with Gasteiger partial charge < -0.3 is 19.2 Å². The number of rotatable bonds is 6. The minimum atomic E-state index is -0.0894. The van der Waals surface area contributed by atoms with Crippen molar-refractivity contribution in [1.29, 1.82) is 0 Å². The molecule has 1 aliphatic rings. The molecule has 0 radical (unpaired) electrons. The molecule has 1 fully saturated rings. The molecule has 0 saturated carbocycles. The van der Waals surface area contributed by atoms with Gasteiger partial charge in [-0.15, -0.1) is 0 Å². The van der Waals surface area contributed by atoms with Crippen molar-refractivity contribution in [3.8, 4) is 11.5 Å². The van der Waals surface area contributed by atoms with E-state index in [1.165, 1.54) is 6.33 Å². The molecule has 2 amide bonds. The molecule has 0 bridgehead atoms. The summed E-state index contributed by atoms with van der Waals surface area (Å²) in [7, 11) is 0. The lowest BCUT2D eigenvalue weighted by atomic mass is 10.3. The average Bonchev–Trinajstić information content (AvgIpc) is 3.47. The standard InChI is InChI=1S/C17H21N7O3/c25-17(19-11-14-10-16(27-21-14)15-2-1-9-26-15)23-6-3-22(4-7-23)5-8-24-13-18-12-20-24/h1-2,9-10,12-13H,3-8,11H2,(H,19,25). The van der Waals surface area contributed by atoms with Gasteiger partial charge in [0.05, 0.1) is 19.4 Å². The summed E-state index contributed by atoms with van der Waals surface area (Å²) in [6, 6.07) is 5.26. The van der Waals surface area contributed by atoms with Crippen LogP contribution >= 0.6 is 0 Å². The van der Waals surface area contributed by atoms with Gasteiger partial charge in [-0.1, -0.05) is 5.16 Å². The Morgan fingerprint density at radius 1 is 1.19 bits per heavy atom. The predicted octanol–water partition coefficient (Wildman–Crippen LogP) is 1.05. The maximum Gasteiger partial charge on any atom is 0.317 e. The third kappa shape index (κ3) is 4.34. The predicted molar refractivity (Wildman–Crippen MR) is 94.5 cm³/mol. The number of hydrogen-bond donors (Lipinski definition) is 1. The molecule has 0 aromatic carbocycles. The van der Waals surface area contributed by atoms with Crippen LogP contribution in [-0.2, 0) is 13.1 Å². The number of urea groups is 1. The van der Waals surface area contributed by atoms with Crippen LogP contribution in [0.25, 0.3) is 11.5 Å². The lowest BCUT2D eigenvalue weighted by molar-refractivity contribution is 0.135. The highest BCUT2D eigenvalue weighted by Crippen LogP contribution is 2.20. The van der Waals surface area contributed by atoms with Crippen molar-refractivity contribution in [2.24, 2.45) is 0 Å². The number of nitrogens with zero attached hydrogens (tertiary/aromatic N) is 6. The molecule has 10 heteroatoms. The number of hydrogen-bond acceptors (Lipinski definition) is 7. The average molecular weight is 371 g/mol. The van der Waals surface area contributed by atoms with Gasteiger partial charge in [0.15, 0.2) is 5.76 Å². The minimum Gasteiger partial charge on any atom is -0.461 e. The first kappa shape index (κ1) is 17.3. The topological polar surface area (TPSA) is 105 Å². The monoisotopic (exact) mass is 371 g/mol. The molecule has 142 valence electrons. The van der Waals surface area contributed by atoms with E-state index in [9.17, 15) is 4.79 Å². The van der Waals surface area contributed by atoms with Gasteiger partial charge in [-0.25, -0.2) is 9.78 Å². The number of amides is 2. The van der Waals surface area contributed by atoms with Crippen LogP contribution in [0.5, 0.6) is 0 Å². The molecule has 0 spiro atoms. The Kier molecular flexibility index (Phi) is 5.15. The van der Waals surface area contributed by atoms with Crippen molar-refractivity contribution in [2.75, 3.05) is 32.7 Å². The maximum absolute atomic E-state index is 12.4. The first-order chi connectivity index (χ1) is 13.3. The van der Waals surface area contributed by atoms with Crippen molar-refractivity contribution >= 4 is 6.03 Å². The molecule has 0 atom stereocenters. The third-order valence-electron chi connectivity index (χ3n) is 4.52. The summed E-state index contributed by atoms with van der Waals surface area (Å²) < 4.78 is 12.3. The number of piperazine rings is 1. The number of carbonyl (C=O) groups excluding carboxylic acids is 1. The number of carbonyl (C=O) groups is 1. The van der Waals surface area contributed by atoms with E-state index < -0.39 is 0 Å². The summed E-state index contributed by atoms with van der Waals surface area (Å²) in [5.41, 5.74) is 0.654. The first-order valence-electron chi connectivity index (χ1n) is 8.85. The molecule has 1 N–H and O–H groups in total. The molecule has 0 unspecified atom stereocenters. The number of nitrogens with one attached hydrogen (secondary N) is 1. The van der Waals surface area contributed by atoms with Crippen molar-refractivity contribution in [2.45, 2.75) is 13.1 Å². The Morgan fingerprint density at radius 2 is 2.07 bits per heavy atom. The van der Waals surface area contributed by atoms with E-state index in [2.05, 4.69) is 25.5 Å². The van der Waals surface area contributed by atoms with Crippen LogP contribution in [0.4, 0.5) is 4.79 Å². The molecular weight excluding hydrogens is 350 g/mol. The Balaban J connectivity index is 1.19. The van der Waals surface area contributed by atoms with Gasteiger partial charge in [-0.3, -0.25) is 9.58 Å². The highest BCUT2D eigenvalue weighted by molar-refractivity contribution is 5.74. The van der Waals surface area contributed by atoms with Gasteiger partial charge in [0, 0.05) is 38.8 Å². The van der Waals surface area contributed by atoms with Crippen LogP contribution in [-0.4, -0.2) is 68.5 Å². The summed E-state index contributed by atoms with van der Waals surface area (Å²) in [4.78, 5) is 20.4. The van der Waals surface area contributed by atoms with E-state index in [0.29, 0.717) is 36.8 Å². The third-order valence-corrected chi connectivity index (χ3v) is 4.52. The first-order valence-corrected chi connectivity index (χ1v) is 8.85. The Labute approximate surface area is 155 Å². The van der Waals surface area contributed by atoms with Gasteiger partial charge in [0.25, 0.3) is 0 Å². The van der Waals surface area contributed by atoms with E-state index in [-0.39, 0.29) is 6.03 Å². The maximum atomic E-state index is 12.4. The summed E-state index contributed by atoms with van der Waals surface area (Å²) in [5, 5.41) is 10.9. The van der Waals surface area contributed by atoms with Gasteiger partial charge in [-0.05, 0) is 12.1 Å². The van der Waals surface area contributed by atoms with Crippen molar-refractivity contribution in [3.05, 3.63) is 42.8 Å². The highest BCUT2D eigenvalue weighted by atomic mass is 16.5.